The summed E-state index contributed by atoms with van der Waals surface area (Å²) in [6.07, 6.45) is 5.98. The lowest BCUT2D eigenvalue weighted by atomic mass is 10.0. The van der Waals surface area contributed by atoms with Gasteiger partial charge in [-0.1, -0.05) is 13.8 Å². The zero-order valence-electron chi connectivity index (χ0n) is 19.5. The van der Waals surface area contributed by atoms with Crippen molar-refractivity contribution in [3.8, 4) is 0 Å². The molecular formula is C20H40IN7O2. The van der Waals surface area contributed by atoms with Gasteiger partial charge in [0.05, 0.1) is 0 Å². The molecule has 1 unspecified atom stereocenters. The van der Waals surface area contributed by atoms with Gasteiger partial charge in [-0.3, -0.25) is 4.99 Å². The lowest BCUT2D eigenvalue weighted by Gasteiger charge is -2.28. The van der Waals surface area contributed by atoms with E-state index in [1.807, 2.05) is 32.4 Å². The second-order valence-corrected chi connectivity index (χ2v) is 8.59. The summed E-state index contributed by atoms with van der Waals surface area (Å²) in [6.45, 7) is 12.3. The van der Waals surface area contributed by atoms with Gasteiger partial charge >= 0.3 is 6.09 Å². The zero-order chi connectivity index (χ0) is 21.9. The third-order valence-corrected chi connectivity index (χ3v) is 4.45. The molecule has 9 nitrogen and oxygen atoms in total. The molecule has 0 aliphatic rings. The van der Waals surface area contributed by atoms with Crippen LogP contribution in [-0.2, 0) is 11.3 Å². The van der Waals surface area contributed by atoms with E-state index in [2.05, 4.69) is 44.6 Å². The van der Waals surface area contributed by atoms with Gasteiger partial charge in [0.1, 0.15) is 18.3 Å². The molecule has 174 valence electrons. The van der Waals surface area contributed by atoms with Crippen LogP contribution in [0.15, 0.2) is 17.6 Å². The summed E-state index contributed by atoms with van der Waals surface area (Å²) in [7, 11) is 3.80. The van der Waals surface area contributed by atoms with Crippen LogP contribution in [0, 0.1) is 5.92 Å². The number of nitrogens with one attached hydrogen (secondary N) is 2. The van der Waals surface area contributed by atoms with Gasteiger partial charge in [-0.25, -0.2) is 4.79 Å². The van der Waals surface area contributed by atoms with Gasteiger partial charge in [0, 0.05) is 39.8 Å². The summed E-state index contributed by atoms with van der Waals surface area (Å²) < 4.78 is 7.36. The highest BCUT2D eigenvalue weighted by Gasteiger charge is 2.22. The molecule has 0 spiro atoms. The van der Waals surface area contributed by atoms with Crippen LogP contribution in [0.4, 0.5) is 4.79 Å². The smallest absolute Gasteiger partial charge is 0.407 e. The average molecular weight is 537 g/mol. The molecule has 1 atom stereocenters. The Morgan fingerprint density at radius 2 is 1.87 bits per heavy atom. The lowest BCUT2D eigenvalue weighted by molar-refractivity contribution is 0.0486. The Kier molecular flexibility index (Phi) is 13.7. The second-order valence-electron chi connectivity index (χ2n) is 8.59. The maximum atomic E-state index is 12.1. The molecule has 0 saturated heterocycles. The van der Waals surface area contributed by atoms with Crippen LogP contribution in [0.25, 0.3) is 0 Å². The third kappa shape index (κ3) is 12.2. The summed E-state index contributed by atoms with van der Waals surface area (Å²) >= 11 is 0. The molecule has 0 aliphatic heterocycles. The Bertz CT molecular complexity index is 615. The van der Waals surface area contributed by atoms with Gasteiger partial charge in [0.2, 0.25) is 0 Å². The highest BCUT2D eigenvalue weighted by molar-refractivity contribution is 14.0. The normalized spacial score (nSPS) is 12.9. The number of alkyl carbamates (subject to hydrolysis) is 1. The number of hydrogen-bond donors (Lipinski definition) is 2. The number of aromatic nitrogens is 3. The minimum Gasteiger partial charge on any atom is -0.444 e. The van der Waals surface area contributed by atoms with Crippen LogP contribution < -0.4 is 10.6 Å². The van der Waals surface area contributed by atoms with Crippen LogP contribution in [0.3, 0.4) is 0 Å². The molecule has 2 N–H and O–H groups in total. The number of aliphatic imine (C=N–C) groups is 1. The summed E-state index contributed by atoms with van der Waals surface area (Å²) in [4.78, 5) is 18.6. The highest BCUT2D eigenvalue weighted by Crippen LogP contribution is 2.11. The Hall–Kier alpha value is -1.59. The fourth-order valence-corrected chi connectivity index (χ4v) is 2.81. The van der Waals surface area contributed by atoms with E-state index in [9.17, 15) is 4.79 Å². The van der Waals surface area contributed by atoms with E-state index in [0.29, 0.717) is 5.92 Å². The molecule has 30 heavy (non-hydrogen) atoms. The fraction of sp³-hybridized carbons (Fsp3) is 0.800. The van der Waals surface area contributed by atoms with E-state index < -0.39 is 5.60 Å². The van der Waals surface area contributed by atoms with Crippen LogP contribution in [-0.4, -0.2) is 70.5 Å². The molecule has 0 aliphatic carbocycles. The Labute approximate surface area is 198 Å². The minimum atomic E-state index is -0.497. The summed E-state index contributed by atoms with van der Waals surface area (Å²) in [5.74, 6) is 1.16. The maximum Gasteiger partial charge on any atom is 0.407 e. The first-order valence-electron chi connectivity index (χ1n) is 10.4. The van der Waals surface area contributed by atoms with Crippen LogP contribution in [0.2, 0.25) is 0 Å². The molecule has 1 amide bonds. The summed E-state index contributed by atoms with van der Waals surface area (Å²) in [5, 5.41) is 14.0. The number of unbranched alkanes of at least 4 members (excludes halogenated alkanes) is 1. The van der Waals surface area contributed by atoms with E-state index in [1.54, 1.807) is 19.7 Å². The molecule has 0 fully saturated rings. The van der Waals surface area contributed by atoms with Crippen LogP contribution >= 0.6 is 24.0 Å². The third-order valence-electron chi connectivity index (χ3n) is 4.45. The molecule has 1 rings (SSSR count). The zero-order valence-corrected chi connectivity index (χ0v) is 21.8. The van der Waals surface area contributed by atoms with E-state index in [1.165, 1.54) is 0 Å². The molecule has 1 aromatic heterocycles. The largest absolute Gasteiger partial charge is 0.444 e. The fourth-order valence-electron chi connectivity index (χ4n) is 2.81. The highest BCUT2D eigenvalue weighted by atomic mass is 127. The van der Waals surface area contributed by atoms with Crippen molar-refractivity contribution in [2.75, 3.05) is 27.2 Å². The van der Waals surface area contributed by atoms with Crippen molar-refractivity contribution in [2.24, 2.45) is 10.9 Å². The number of rotatable bonds is 10. The molecule has 0 saturated carbocycles. The summed E-state index contributed by atoms with van der Waals surface area (Å²) in [5.41, 5.74) is -0.497. The molecule has 1 heterocycles. The average Bonchev–Trinajstić information content (AvgIpc) is 3.13. The molecule has 10 heteroatoms. The van der Waals surface area contributed by atoms with E-state index in [4.69, 9.17) is 4.74 Å². The Balaban J connectivity index is 0.00000841. The first kappa shape index (κ1) is 28.4. The van der Waals surface area contributed by atoms with Crippen molar-refractivity contribution in [2.45, 2.75) is 72.1 Å². The second kappa shape index (κ2) is 14.4. The number of hydrogen-bond acceptors (Lipinski definition) is 5. The summed E-state index contributed by atoms with van der Waals surface area (Å²) in [6, 6.07) is 0.0363. The predicted molar refractivity (Wildman–Crippen MR) is 131 cm³/mol. The number of aryl methyl sites for hydroxylation is 1. The van der Waals surface area contributed by atoms with Crippen molar-refractivity contribution in [1.82, 2.24) is 30.3 Å². The SMILES string of the molecule is CN=C(NCCCCn1cnnc1)N(C)CCC(NC(=O)OC(C)(C)C)C(C)C.I. The Morgan fingerprint density at radius 3 is 2.40 bits per heavy atom. The van der Waals surface area contributed by atoms with Gasteiger partial charge in [0.25, 0.3) is 0 Å². The van der Waals surface area contributed by atoms with Gasteiger partial charge in [-0.15, -0.1) is 34.2 Å². The molecular weight excluding hydrogens is 497 g/mol. The standard InChI is InChI=1S/C20H39N7O2.HI/c1-16(2)17(25-19(28)29-20(3,4)5)10-13-26(7)18(21-6)22-11-8-9-12-27-14-23-24-15-27;/h14-17H,8-13H2,1-7H3,(H,21,22)(H,25,28);1H. The first-order valence-corrected chi connectivity index (χ1v) is 10.4. The number of nitrogens with zero attached hydrogens (tertiary/aromatic N) is 5. The van der Waals surface area contributed by atoms with Gasteiger partial charge in [-0.05, 0) is 46.0 Å². The number of halogens is 1. The van der Waals surface area contributed by atoms with Crippen LogP contribution in [0.1, 0.15) is 53.9 Å². The van der Waals surface area contributed by atoms with E-state index in [0.717, 1.165) is 44.9 Å². The quantitative estimate of drug-likeness (QED) is 0.206. The first-order chi connectivity index (χ1) is 13.6. The van der Waals surface area contributed by atoms with Crippen molar-refractivity contribution in [3.63, 3.8) is 0 Å². The van der Waals surface area contributed by atoms with Gasteiger partial charge in [0.15, 0.2) is 5.96 Å². The van der Waals surface area contributed by atoms with Crippen LogP contribution in [0.5, 0.6) is 0 Å². The number of guanidine groups is 1. The lowest BCUT2D eigenvalue weighted by Crippen LogP contribution is -2.45. The van der Waals surface area contributed by atoms with Crippen molar-refractivity contribution in [3.05, 3.63) is 12.7 Å². The number of ether oxygens (including phenoxy) is 1. The number of amides is 1. The molecule has 1 aromatic rings. The van der Waals surface area contributed by atoms with Crippen molar-refractivity contribution in [1.29, 1.82) is 0 Å². The van der Waals surface area contributed by atoms with Gasteiger partial charge in [-0.2, -0.15) is 0 Å². The van der Waals surface area contributed by atoms with Crippen molar-refractivity contribution < 1.29 is 9.53 Å². The molecule has 0 bridgehead atoms. The minimum absolute atomic E-state index is 0. The van der Waals surface area contributed by atoms with E-state index >= 15 is 0 Å². The Morgan fingerprint density at radius 1 is 1.23 bits per heavy atom. The number of carbonyl (C=O) groups is 1. The maximum absolute atomic E-state index is 12.1. The topological polar surface area (TPSA) is 96.7 Å². The van der Waals surface area contributed by atoms with Gasteiger partial charge < -0.3 is 24.8 Å². The molecule has 0 radical (unpaired) electrons. The molecule has 0 aromatic carbocycles. The predicted octanol–water partition coefficient (Wildman–Crippen LogP) is 3.12. The van der Waals surface area contributed by atoms with Crippen molar-refractivity contribution >= 4 is 36.0 Å². The monoisotopic (exact) mass is 537 g/mol. The van der Waals surface area contributed by atoms with E-state index in [-0.39, 0.29) is 36.1 Å². The number of carbonyl (C=O) groups excluding carboxylic acids is 1.